The van der Waals surface area contributed by atoms with Crippen molar-refractivity contribution in [1.82, 2.24) is 0 Å². The summed E-state index contributed by atoms with van der Waals surface area (Å²) in [5, 5.41) is 0. The van der Waals surface area contributed by atoms with Gasteiger partial charge in [-0.2, -0.15) is 5.92 Å². The Morgan fingerprint density at radius 1 is 1.43 bits per heavy atom. The van der Waals surface area contributed by atoms with Crippen LogP contribution < -0.4 is 9.47 Å². The molecule has 0 N–H and O–H groups in total. The molecule has 1 radical (unpaired) electrons. The van der Waals surface area contributed by atoms with Gasteiger partial charge in [-0.1, -0.05) is 13.0 Å². The molecule has 14 heavy (non-hydrogen) atoms. The normalized spacial score (nSPS) is 13.7. The van der Waals surface area contributed by atoms with Crippen LogP contribution in [0.2, 0.25) is 0 Å². The molecule has 0 amide bonds. The van der Waals surface area contributed by atoms with Crippen LogP contribution in [0.3, 0.4) is 0 Å². The van der Waals surface area contributed by atoms with Gasteiger partial charge in [-0.15, -0.1) is 11.6 Å². The van der Waals surface area contributed by atoms with Crippen LogP contribution in [0.4, 0.5) is 0 Å². The quantitative estimate of drug-likeness (QED) is 0.714. The Morgan fingerprint density at radius 2 is 2.21 bits per heavy atom. The predicted octanol–water partition coefficient (Wildman–Crippen LogP) is 2.42. The second kappa shape index (κ2) is 4.73. The van der Waals surface area contributed by atoms with Crippen molar-refractivity contribution in [3.05, 3.63) is 29.7 Å². The third kappa shape index (κ3) is 2.05. The van der Waals surface area contributed by atoms with Crippen LogP contribution in [0.5, 0.6) is 11.5 Å². The van der Waals surface area contributed by atoms with Crippen LogP contribution in [-0.2, 0) is 20.4 Å². The van der Waals surface area contributed by atoms with Gasteiger partial charge in [-0.25, -0.2) is 0 Å². The number of methoxy groups -OCH3 is 1. The molecule has 0 saturated carbocycles. The predicted molar refractivity (Wildman–Crippen MR) is 51.1 cm³/mol. The van der Waals surface area contributed by atoms with Gasteiger partial charge in [0.25, 0.3) is 0 Å². The van der Waals surface area contributed by atoms with E-state index < -0.39 is 0 Å². The summed E-state index contributed by atoms with van der Waals surface area (Å²) in [5.41, 5.74) is 1.19. The van der Waals surface area contributed by atoms with Crippen molar-refractivity contribution in [3.8, 4) is 11.5 Å². The molecule has 0 bridgehead atoms. The van der Waals surface area contributed by atoms with Crippen LogP contribution in [0.1, 0.15) is 18.9 Å². The number of ether oxygens (including phenoxy) is 2. The van der Waals surface area contributed by atoms with Gasteiger partial charge in [0.05, 0.1) is 19.5 Å². The Balaban J connectivity index is 0.000000980. The molecular weight excluding hydrogens is 350 g/mol. The summed E-state index contributed by atoms with van der Waals surface area (Å²) in [6.07, 6.45) is 1.01. The van der Waals surface area contributed by atoms with Crippen molar-refractivity contribution >= 4 is 0 Å². The number of fused-ring (bicyclic) bond motifs is 1. The van der Waals surface area contributed by atoms with Gasteiger partial charge in [0.1, 0.15) is 0 Å². The fourth-order valence-electron chi connectivity index (χ4n) is 1.54. The van der Waals surface area contributed by atoms with E-state index in [1.54, 1.807) is 7.11 Å². The first kappa shape index (κ1) is 11.4. The molecule has 0 spiro atoms. The van der Waals surface area contributed by atoms with Gasteiger partial charge >= 0.3 is 0 Å². The van der Waals surface area contributed by atoms with Crippen LogP contribution in [0, 0.1) is 5.92 Å². The molecular formula is C11H13O2Re-. The first-order valence-electron chi connectivity index (χ1n) is 4.45. The number of hydrogen-bond acceptors (Lipinski definition) is 2. The first-order chi connectivity index (χ1) is 6.31. The summed E-state index contributed by atoms with van der Waals surface area (Å²) in [6.45, 7) is 2.94. The third-order valence-electron chi connectivity index (χ3n) is 2.38. The van der Waals surface area contributed by atoms with E-state index in [-0.39, 0.29) is 20.4 Å². The molecule has 1 aromatic rings. The molecule has 1 aliphatic heterocycles. The maximum atomic E-state index is 5.52. The number of hydrogen-bond donors (Lipinski definition) is 0. The Kier molecular flexibility index (Phi) is 3.86. The molecule has 3 heteroatoms. The van der Waals surface area contributed by atoms with E-state index in [0.29, 0.717) is 0 Å². The Labute approximate surface area is 98.3 Å². The molecule has 77 valence electrons. The van der Waals surface area contributed by atoms with Crippen molar-refractivity contribution in [2.45, 2.75) is 13.3 Å². The summed E-state index contributed by atoms with van der Waals surface area (Å²) < 4.78 is 10.7. The van der Waals surface area contributed by atoms with Crippen LogP contribution >= 0.6 is 0 Å². The summed E-state index contributed by atoms with van der Waals surface area (Å²) in [6, 6.07) is 5.93. The molecule has 0 aliphatic carbocycles. The maximum Gasteiger partial charge on any atom is 0.0759 e. The van der Waals surface area contributed by atoms with E-state index >= 15 is 0 Å². The molecule has 2 rings (SSSR count). The molecule has 2 nitrogen and oxygen atoms in total. The summed E-state index contributed by atoms with van der Waals surface area (Å²) in [4.78, 5) is 0. The SMILES string of the molecule is COc1ccc2c(c1)[C-](C)CCO2.[Re]. The fraction of sp³-hybridized carbons (Fsp3) is 0.364. The molecule has 0 aromatic heterocycles. The summed E-state index contributed by atoms with van der Waals surface area (Å²) >= 11 is 0. The van der Waals surface area contributed by atoms with E-state index in [0.717, 1.165) is 24.5 Å². The minimum atomic E-state index is 0. The maximum absolute atomic E-state index is 5.52. The summed E-state index contributed by atoms with van der Waals surface area (Å²) in [7, 11) is 1.68. The Morgan fingerprint density at radius 3 is 2.93 bits per heavy atom. The van der Waals surface area contributed by atoms with E-state index in [9.17, 15) is 0 Å². The Bertz CT molecular complexity index is 312. The molecule has 0 saturated heterocycles. The zero-order valence-electron chi connectivity index (χ0n) is 8.34. The average molecular weight is 363 g/mol. The van der Waals surface area contributed by atoms with E-state index in [1.165, 1.54) is 11.5 Å². The number of rotatable bonds is 1. The molecule has 0 atom stereocenters. The van der Waals surface area contributed by atoms with Crippen molar-refractivity contribution in [2.24, 2.45) is 0 Å². The minimum absolute atomic E-state index is 0. The molecule has 1 aliphatic rings. The molecule has 1 aromatic carbocycles. The second-order valence-corrected chi connectivity index (χ2v) is 3.24. The van der Waals surface area contributed by atoms with Crippen LogP contribution in [0.25, 0.3) is 0 Å². The summed E-state index contributed by atoms with van der Waals surface area (Å²) in [5.74, 6) is 3.24. The van der Waals surface area contributed by atoms with Gasteiger partial charge < -0.3 is 9.47 Å². The van der Waals surface area contributed by atoms with Crippen molar-refractivity contribution in [2.75, 3.05) is 13.7 Å². The van der Waals surface area contributed by atoms with Gasteiger partial charge in [0.2, 0.25) is 0 Å². The fourth-order valence-corrected chi connectivity index (χ4v) is 1.54. The number of benzene rings is 1. The zero-order valence-corrected chi connectivity index (χ0v) is 11.1. The Hall–Kier alpha value is -0.648. The van der Waals surface area contributed by atoms with E-state index in [1.807, 2.05) is 18.2 Å². The topological polar surface area (TPSA) is 18.5 Å². The molecule has 0 fully saturated rings. The van der Waals surface area contributed by atoms with Gasteiger partial charge in [-0.3, -0.25) is 0 Å². The van der Waals surface area contributed by atoms with Gasteiger partial charge in [-0.05, 0) is 12.5 Å². The zero-order chi connectivity index (χ0) is 9.26. The molecule has 0 unspecified atom stereocenters. The standard InChI is InChI=1S/C11H13O2.Re/c1-8-5-6-13-11-4-3-9(12-2)7-10(8)11;/h3-4,7H,5-6H2,1-2H3;/q-1;. The molecule has 1 heterocycles. The van der Waals surface area contributed by atoms with Crippen molar-refractivity contribution in [3.63, 3.8) is 0 Å². The van der Waals surface area contributed by atoms with E-state index in [4.69, 9.17) is 9.47 Å². The van der Waals surface area contributed by atoms with Gasteiger partial charge in [0.15, 0.2) is 0 Å². The third-order valence-corrected chi connectivity index (χ3v) is 2.38. The largest absolute Gasteiger partial charge is 0.551 e. The monoisotopic (exact) mass is 364 g/mol. The van der Waals surface area contributed by atoms with Gasteiger partial charge in [0, 0.05) is 26.2 Å². The van der Waals surface area contributed by atoms with Crippen LogP contribution in [-0.4, -0.2) is 13.7 Å². The smallest absolute Gasteiger partial charge is 0.0759 e. The second-order valence-electron chi connectivity index (χ2n) is 3.24. The first-order valence-corrected chi connectivity index (χ1v) is 4.45. The van der Waals surface area contributed by atoms with Crippen LogP contribution in [0.15, 0.2) is 18.2 Å². The van der Waals surface area contributed by atoms with Crippen molar-refractivity contribution < 1.29 is 29.9 Å². The van der Waals surface area contributed by atoms with Crippen molar-refractivity contribution in [1.29, 1.82) is 0 Å². The minimum Gasteiger partial charge on any atom is -0.551 e. The average Bonchev–Trinajstić information content (AvgIpc) is 2.18. The van der Waals surface area contributed by atoms with E-state index in [2.05, 4.69) is 6.92 Å².